The first kappa shape index (κ1) is 23.2. The predicted molar refractivity (Wildman–Crippen MR) is 117 cm³/mol. The Balaban J connectivity index is 3.49. The average Bonchev–Trinajstić information content (AvgIpc) is 2.55. The van der Waals surface area contributed by atoms with E-state index in [-0.39, 0.29) is 5.41 Å². The van der Waals surface area contributed by atoms with Crippen LogP contribution in [-0.4, -0.2) is 36.0 Å². The van der Waals surface area contributed by atoms with Crippen LogP contribution in [0.3, 0.4) is 0 Å². The van der Waals surface area contributed by atoms with E-state index in [1.807, 2.05) is 0 Å². The fourth-order valence-corrected chi connectivity index (χ4v) is 5.03. The number of halogens is 2. The summed E-state index contributed by atoms with van der Waals surface area (Å²) in [5.41, 5.74) is 4.07. The number of rotatable bonds is 9. The highest BCUT2D eigenvalue weighted by atomic mass is 35.9. The average molecular weight is 405 g/mol. The van der Waals surface area contributed by atoms with Crippen molar-refractivity contribution < 1.29 is 0 Å². The maximum Gasteiger partial charge on any atom is 0.117 e. The monoisotopic (exact) mass is 404 g/mol. The van der Waals surface area contributed by atoms with E-state index < -0.39 is 6.63 Å². The van der Waals surface area contributed by atoms with E-state index in [0.717, 1.165) is 39.3 Å². The van der Waals surface area contributed by atoms with Crippen molar-refractivity contribution in [2.45, 2.75) is 67.0 Å². The molecule has 2 nitrogen and oxygen atoms in total. The third-order valence-electron chi connectivity index (χ3n) is 4.88. The molecule has 0 aliphatic heterocycles. The normalized spacial score (nSPS) is 12.6. The molecule has 25 heavy (non-hydrogen) atoms. The van der Waals surface area contributed by atoms with Crippen molar-refractivity contribution in [3.05, 3.63) is 28.8 Å². The van der Waals surface area contributed by atoms with Gasteiger partial charge in [0.2, 0.25) is 0 Å². The Labute approximate surface area is 166 Å². The van der Waals surface area contributed by atoms with Gasteiger partial charge in [-0.15, -0.1) is 0 Å². The zero-order chi connectivity index (χ0) is 19.2. The molecule has 1 aromatic carbocycles. The molecule has 0 fully saturated rings. The summed E-state index contributed by atoms with van der Waals surface area (Å²) >= 11 is 13.0. The van der Waals surface area contributed by atoms with Crippen LogP contribution in [0.15, 0.2) is 12.1 Å². The van der Waals surface area contributed by atoms with Crippen molar-refractivity contribution >= 4 is 34.4 Å². The molecule has 0 aliphatic rings. The minimum absolute atomic E-state index is 0.107. The largest absolute Gasteiger partial charge is 0.300 e. The number of hydrogen-bond donors (Lipinski definition) is 0. The quantitative estimate of drug-likeness (QED) is 0.459. The Hall–Kier alpha value is 0.150. The standard InChI is InChI=1S/C20H35Cl2N2P/c1-8-23(9-2)14-16-12-18(20(5,6)7)13-17(19(16)25(21)22)15-24(10-3)11-4/h12-13H,8-11,14-15H2,1-7H3. The van der Waals surface area contributed by atoms with Crippen molar-refractivity contribution in [3.8, 4) is 0 Å². The molecule has 144 valence electrons. The molecule has 0 aromatic heterocycles. The van der Waals surface area contributed by atoms with Crippen LogP contribution >= 0.6 is 29.1 Å². The molecular weight excluding hydrogens is 370 g/mol. The van der Waals surface area contributed by atoms with Gasteiger partial charge in [0.15, 0.2) is 0 Å². The molecular formula is C20H35Cl2N2P. The van der Waals surface area contributed by atoms with Gasteiger partial charge in [0.05, 0.1) is 0 Å². The number of nitrogens with zero attached hydrogens (tertiary/aromatic N) is 2. The molecule has 0 amide bonds. The molecule has 0 bridgehead atoms. The highest BCUT2D eigenvalue weighted by molar-refractivity contribution is 8.09. The Morgan fingerprint density at radius 3 is 1.40 bits per heavy atom. The van der Waals surface area contributed by atoms with Crippen molar-refractivity contribution in [2.75, 3.05) is 26.2 Å². The van der Waals surface area contributed by atoms with Gasteiger partial charge in [0.1, 0.15) is 6.63 Å². The number of benzene rings is 1. The van der Waals surface area contributed by atoms with Crippen LogP contribution in [-0.2, 0) is 18.5 Å². The molecule has 0 atom stereocenters. The molecule has 0 N–H and O–H groups in total. The van der Waals surface area contributed by atoms with E-state index in [0.29, 0.717) is 0 Å². The Morgan fingerprint density at radius 1 is 0.800 bits per heavy atom. The summed E-state index contributed by atoms with van der Waals surface area (Å²) in [7, 11) is 0. The Kier molecular flexibility index (Phi) is 9.72. The van der Waals surface area contributed by atoms with Crippen LogP contribution in [0.25, 0.3) is 0 Å². The van der Waals surface area contributed by atoms with E-state index in [1.54, 1.807) is 0 Å². The topological polar surface area (TPSA) is 6.48 Å². The lowest BCUT2D eigenvalue weighted by molar-refractivity contribution is 0.292. The van der Waals surface area contributed by atoms with Gasteiger partial charge >= 0.3 is 0 Å². The maximum atomic E-state index is 6.51. The summed E-state index contributed by atoms with van der Waals surface area (Å²) in [6.07, 6.45) is 0. The number of hydrogen-bond acceptors (Lipinski definition) is 2. The minimum atomic E-state index is -1.18. The van der Waals surface area contributed by atoms with Crippen LogP contribution in [0.5, 0.6) is 0 Å². The smallest absolute Gasteiger partial charge is 0.117 e. The van der Waals surface area contributed by atoms with Gasteiger partial charge in [-0.25, -0.2) is 0 Å². The lowest BCUT2D eigenvalue weighted by Gasteiger charge is -2.29. The zero-order valence-electron chi connectivity index (χ0n) is 17.0. The Bertz CT molecular complexity index is 498. The predicted octanol–water partition coefficient (Wildman–Crippen LogP) is 6.08. The second-order valence-corrected chi connectivity index (χ2v) is 11.0. The molecule has 0 aliphatic carbocycles. The summed E-state index contributed by atoms with van der Waals surface area (Å²) in [6, 6.07) is 4.67. The highest BCUT2D eigenvalue weighted by Gasteiger charge is 2.23. The van der Waals surface area contributed by atoms with Gasteiger partial charge in [0.25, 0.3) is 0 Å². The second kappa shape index (κ2) is 10.5. The third-order valence-corrected chi connectivity index (χ3v) is 6.81. The van der Waals surface area contributed by atoms with Gasteiger partial charge in [0, 0.05) is 18.4 Å². The van der Waals surface area contributed by atoms with Crippen LogP contribution < -0.4 is 5.30 Å². The minimum Gasteiger partial charge on any atom is -0.300 e. The van der Waals surface area contributed by atoms with Gasteiger partial charge in [-0.1, -0.05) is 83.1 Å². The van der Waals surface area contributed by atoms with E-state index in [2.05, 4.69) is 70.4 Å². The Morgan fingerprint density at radius 2 is 1.16 bits per heavy atom. The first-order valence-electron chi connectivity index (χ1n) is 9.40. The van der Waals surface area contributed by atoms with Crippen LogP contribution in [0.1, 0.15) is 65.2 Å². The second-order valence-electron chi connectivity index (χ2n) is 7.55. The fourth-order valence-electron chi connectivity index (χ4n) is 3.03. The van der Waals surface area contributed by atoms with Gasteiger partial charge < -0.3 is 0 Å². The van der Waals surface area contributed by atoms with Gasteiger partial charge in [-0.05, 0) is 48.3 Å². The summed E-state index contributed by atoms with van der Waals surface area (Å²) < 4.78 is 0. The summed E-state index contributed by atoms with van der Waals surface area (Å²) in [5.74, 6) is 0. The van der Waals surface area contributed by atoms with Crippen molar-refractivity contribution in [1.82, 2.24) is 9.80 Å². The van der Waals surface area contributed by atoms with Gasteiger partial charge in [-0.2, -0.15) is 0 Å². The first-order valence-corrected chi connectivity index (χ1v) is 12.6. The SMILES string of the molecule is CCN(CC)Cc1cc(C(C)(C)C)cc(CN(CC)CC)c1P(Cl)Cl. The summed E-state index contributed by atoms with van der Waals surface area (Å²) in [5, 5.41) is 1.17. The molecule has 1 rings (SSSR count). The summed E-state index contributed by atoms with van der Waals surface area (Å²) in [6.45, 7) is 20.4. The molecule has 0 unspecified atom stereocenters. The zero-order valence-corrected chi connectivity index (χ0v) is 19.4. The third kappa shape index (κ3) is 6.67. The molecule has 0 saturated heterocycles. The van der Waals surface area contributed by atoms with Crippen molar-refractivity contribution in [1.29, 1.82) is 0 Å². The molecule has 0 saturated carbocycles. The van der Waals surface area contributed by atoms with Gasteiger partial charge in [-0.3, -0.25) is 9.80 Å². The van der Waals surface area contributed by atoms with Crippen LogP contribution in [0.2, 0.25) is 0 Å². The molecule has 5 heteroatoms. The fraction of sp³-hybridized carbons (Fsp3) is 0.700. The molecule has 1 aromatic rings. The van der Waals surface area contributed by atoms with Crippen LogP contribution in [0, 0.1) is 0 Å². The molecule has 0 radical (unpaired) electrons. The van der Waals surface area contributed by atoms with E-state index in [1.165, 1.54) is 22.0 Å². The lowest BCUT2D eigenvalue weighted by Crippen LogP contribution is -2.30. The molecule has 0 spiro atoms. The first-order chi connectivity index (χ1) is 11.7. The highest BCUT2D eigenvalue weighted by Crippen LogP contribution is 2.48. The van der Waals surface area contributed by atoms with E-state index in [9.17, 15) is 0 Å². The molecule has 0 heterocycles. The van der Waals surface area contributed by atoms with Crippen molar-refractivity contribution in [2.24, 2.45) is 0 Å². The van der Waals surface area contributed by atoms with E-state index >= 15 is 0 Å². The summed E-state index contributed by atoms with van der Waals surface area (Å²) in [4.78, 5) is 4.86. The van der Waals surface area contributed by atoms with Crippen LogP contribution in [0.4, 0.5) is 0 Å². The maximum absolute atomic E-state index is 6.51. The van der Waals surface area contributed by atoms with Crippen molar-refractivity contribution in [3.63, 3.8) is 0 Å². The van der Waals surface area contributed by atoms with E-state index in [4.69, 9.17) is 22.5 Å². The lowest BCUT2D eigenvalue weighted by atomic mass is 9.84.